The normalized spacial score (nSPS) is 17.3. The fraction of sp³-hybridized carbons (Fsp3) is 0.125. The highest BCUT2D eigenvalue weighted by Gasteiger charge is 2.38. The van der Waals surface area contributed by atoms with E-state index >= 15 is 0 Å². The monoisotopic (exact) mass is 461 g/mol. The van der Waals surface area contributed by atoms with Crippen LogP contribution >= 0.6 is 23.4 Å². The SMILES string of the molecule is Cc1ccc(NC(=O)C2Sc3nnc(-c4ccccc4)n3NC2c2ccc(Cl)cc2)cc1. The van der Waals surface area contributed by atoms with Crippen LogP contribution in [0, 0.1) is 6.92 Å². The number of halogens is 1. The van der Waals surface area contributed by atoms with Gasteiger partial charge in [-0.05, 0) is 36.8 Å². The molecule has 6 nitrogen and oxygen atoms in total. The van der Waals surface area contributed by atoms with Gasteiger partial charge in [0.2, 0.25) is 11.1 Å². The molecule has 2 unspecified atom stereocenters. The van der Waals surface area contributed by atoms with Crippen molar-refractivity contribution in [3.05, 3.63) is 95.0 Å². The number of nitrogens with one attached hydrogen (secondary N) is 2. The van der Waals surface area contributed by atoms with Crippen molar-refractivity contribution in [3.63, 3.8) is 0 Å². The Hall–Kier alpha value is -3.29. The van der Waals surface area contributed by atoms with E-state index in [0.29, 0.717) is 16.0 Å². The molecule has 0 fully saturated rings. The van der Waals surface area contributed by atoms with Gasteiger partial charge in [0, 0.05) is 16.3 Å². The molecule has 1 aliphatic rings. The summed E-state index contributed by atoms with van der Waals surface area (Å²) in [5.74, 6) is 0.589. The summed E-state index contributed by atoms with van der Waals surface area (Å²) >= 11 is 7.50. The second kappa shape index (κ2) is 8.68. The fourth-order valence-corrected chi connectivity index (χ4v) is 4.81. The van der Waals surface area contributed by atoms with Crippen molar-refractivity contribution in [1.82, 2.24) is 14.9 Å². The van der Waals surface area contributed by atoms with Gasteiger partial charge >= 0.3 is 0 Å². The summed E-state index contributed by atoms with van der Waals surface area (Å²) in [7, 11) is 0. The summed E-state index contributed by atoms with van der Waals surface area (Å²) in [6.45, 7) is 2.01. The molecule has 2 N–H and O–H groups in total. The molecule has 0 radical (unpaired) electrons. The van der Waals surface area contributed by atoms with Gasteiger partial charge in [0.25, 0.3) is 0 Å². The Morgan fingerprint density at radius 1 is 1.00 bits per heavy atom. The number of benzene rings is 3. The number of thioether (sulfide) groups is 1. The maximum absolute atomic E-state index is 13.3. The van der Waals surface area contributed by atoms with Crippen LogP contribution in [0.3, 0.4) is 0 Å². The molecular formula is C24H20ClN5OS. The van der Waals surface area contributed by atoms with E-state index in [1.165, 1.54) is 11.8 Å². The molecule has 160 valence electrons. The quantitative estimate of drug-likeness (QED) is 0.431. The summed E-state index contributed by atoms with van der Waals surface area (Å²) in [5.41, 5.74) is 7.26. The average Bonchev–Trinajstić information content (AvgIpc) is 3.24. The zero-order valence-electron chi connectivity index (χ0n) is 17.2. The molecule has 3 aromatic carbocycles. The maximum atomic E-state index is 13.3. The highest BCUT2D eigenvalue weighted by Crippen LogP contribution is 2.39. The second-order valence-corrected chi connectivity index (χ2v) is 9.10. The standard InChI is InChI=1S/C24H20ClN5OS/c1-15-7-13-19(14-8-15)26-23(31)21-20(16-9-11-18(25)12-10-16)29-30-22(27-28-24(30)32-21)17-5-3-2-4-6-17/h2-14,20-21,29H,1H3,(H,26,31). The summed E-state index contributed by atoms with van der Waals surface area (Å²) in [6, 6.07) is 24.8. The second-order valence-electron chi connectivity index (χ2n) is 7.56. The molecular weight excluding hydrogens is 442 g/mol. The first-order valence-corrected chi connectivity index (χ1v) is 11.4. The molecule has 5 rings (SSSR count). The number of aryl methyl sites for hydroxylation is 1. The number of anilines is 1. The zero-order chi connectivity index (χ0) is 22.1. The minimum absolute atomic E-state index is 0.109. The molecule has 2 heterocycles. The van der Waals surface area contributed by atoms with Gasteiger partial charge in [-0.1, -0.05) is 83.5 Å². The summed E-state index contributed by atoms with van der Waals surface area (Å²) in [6.07, 6.45) is 0. The first-order chi connectivity index (χ1) is 15.6. The number of aromatic nitrogens is 3. The number of amides is 1. The van der Waals surface area contributed by atoms with E-state index in [4.69, 9.17) is 11.6 Å². The van der Waals surface area contributed by atoms with Crippen LogP contribution < -0.4 is 10.7 Å². The molecule has 0 saturated carbocycles. The van der Waals surface area contributed by atoms with Crippen molar-refractivity contribution in [2.24, 2.45) is 0 Å². The smallest absolute Gasteiger partial charge is 0.240 e. The Morgan fingerprint density at radius 2 is 1.72 bits per heavy atom. The van der Waals surface area contributed by atoms with Gasteiger partial charge in [-0.2, -0.15) is 0 Å². The molecule has 8 heteroatoms. The largest absolute Gasteiger partial charge is 0.325 e. The average molecular weight is 462 g/mol. The number of nitrogens with zero attached hydrogens (tertiary/aromatic N) is 3. The summed E-state index contributed by atoms with van der Waals surface area (Å²) < 4.78 is 1.86. The van der Waals surface area contributed by atoms with E-state index in [1.807, 2.05) is 90.5 Å². The number of hydrogen-bond acceptors (Lipinski definition) is 5. The molecule has 1 aromatic heterocycles. The first kappa shape index (κ1) is 20.6. The minimum atomic E-state index is -0.460. The van der Waals surface area contributed by atoms with Crippen molar-refractivity contribution in [2.75, 3.05) is 10.7 Å². The lowest BCUT2D eigenvalue weighted by atomic mass is 10.0. The molecule has 1 aliphatic heterocycles. The molecule has 0 bridgehead atoms. The molecule has 0 aliphatic carbocycles. The molecule has 1 amide bonds. The molecule has 2 atom stereocenters. The summed E-state index contributed by atoms with van der Waals surface area (Å²) in [4.78, 5) is 13.3. The lowest BCUT2D eigenvalue weighted by Crippen LogP contribution is -2.41. The van der Waals surface area contributed by atoms with Crippen molar-refractivity contribution in [2.45, 2.75) is 23.4 Å². The Labute approximate surface area is 195 Å². The van der Waals surface area contributed by atoms with Gasteiger partial charge in [0.1, 0.15) is 5.25 Å². The minimum Gasteiger partial charge on any atom is -0.325 e. The van der Waals surface area contributed by atoms with E-state index in [1.54, 1.807) is 0 Å². The van der Waals surface area contributed by atoms with Crippen molar-refractivity contribution in [1.29, 1.82) is 0 Å². The first-order valence-electron chi connectivity index (χ1n) is 10.2. The van der Waals surface area contributed by atoms with Crippen LogP contribution in [0.4, 0.5) is 5.69 Å². The van der Waals surface area contributed by atoms with Gasteiger partial charge < -0.3 is 10.7 Å². The third-order valence-corrected chi connectivity index (χ3v) is 6.74. The van der Waals surface area contributed by atoms with Gasteiger partial charge in [-0.3, -0.25) is 4.79 Å². The summed E-state index contributed by atoms with van der Waals surface area (Å²) in [5, 5.41) is 12.6. The van der Waals surface area contributed by atoms with E-state index in [-0.39, 0.29) is 11.9 Å². The van der Waals surface area contributed by atoms with Gasteiger partial charge in [-0.25, -0.2) is 4.68 Å². The number of carbonyl (C=O) groups excluding carboxylic acids is 1. The Morgan fingerprint density at radius 3 is 2.44 bits per heavy atom. The zero-order valence-corrected chi connectivity index (χ0v) is 18.8. The molecule has 0 spiro atoms. The lowest BCUT2D eigenvalue weighted by molar-refractivity contribution is -0.116. The van der Waals surface area contributed by atoms with Crippen LogP contribution in [0.5, 0.6) is 0 Å². The number of fused-ring (bicyclic) bond motifs is 1. The number of hydrogen-bond donors (Lipinski definition) is 2. The fourth-order valence-electron chi connectivity index (χ4n) is 3.60. The predicted molar refractivity (Wildman–Crippen MR) is 128 cm³/mol. The van der Waals surface area contributed by atoms with Crippen LogP contribution in [0.1, 0.15) is 17.2 Å². The number of rotatable bonds is 4. The van der Waals surface area contributed by atoms with Crippen molar-refractivity contribution in [3.8, 4) is 11.4 Å². The third-order valence-electron chi connectivity index (χ3n) is 5.28. The van der Waals surface area contributed by atoms with E-state index in [9.17, 15) is 4.79 Å². The highest BCUT2D eigenvalue weighted by molar-refractivity contribution is 8.00. The predicted octanol–water partition coefficient (Wildman–Crippen LogP) is 5.30. The van der Waals surface area contributed by atoms with Crippen LogP contribution in [-0.4, -0.2) is 26.0 Å². The van der Waals surface area contributed by atoms with Gasteiger partial charge in [0.15, 0.2) is 5.82 Å². The number of carbonyl (C=O) groups is 1. The van der Waals surface area contributed by atoms with Gasteiger partial charge in [-0.15, -0.1) is 10.2 Å². The van der Waals surface area contributed by atoms with Crippen molar-refractivity contribution >= 4 is 35.0 Å². The van der Waals surface area contributed by atoms with E-state index in [0.717, 1.165) is 22.4 Å². The van der Waals surface area contributed by atoms with Crippen LogP contribution in [0.25, 0.3) is 11.4 Å². The van der Waals surface area contributed by atoms with E-state index < -0.39 is 5.25 Å². The van der Waals surface area contributed by atoms with E-state index in [2.05, 4.69) is 20.9 Å². The highest BCUT2D eigenvalue weighted by atomic mass is 35.5. The van der Waals surface area contributed by atoms with Crippen LogP contribution in [0.2, 0.25) is 5.02 Å². The maximum Gasteiger partial charge on any atom is 0.240 e. The Balaban J connectivity index is 1.50. The molecule has 0 saturated heterocycles. The topological polar surface area (TPSA) is 71.8 Å². The van der Waals surface area contributed by atoms with Crippen LogP contribution in [-0.2, 0) is 4.79 Å². The molecule has 32 heavy (non-hydrogen) atoms. The Kier molecular flexibility index (Phi) is 5.59. The third kappa shape index (κ3) is 4.09. The van der Waals surface area contributed by atoms with Gasteiger partial charge in [0.05, 0.1) is 6.04 Å². The lowest BCUT2D eigenvalue weighted by Gasteiger charge is -2.33. The Bertz CT molecular complexity index is 1240. The van der Waals surface area contributed by atoms with Crippen molar-refractivity contribution < 1.29 is 4.79 Å². The molecule has 4 aromatic rings. The van der Waals surface area contributed by atoms with Crippen LogP contribution in [0.15, 0.2) is 84.0 Å².